The van der Waals surface area contributed by atoms with Crippen LogP contribution in [-0.2, 0) is 42.9 Å². The summed E-state index contributed by atoms with van der Waals surface area (Å²) in [6.07, 6.45) is 22.3. The van der Waals surface area contributed by atoms with Crippen LogP contribution in [0.4, 0.5) is 0 Å². The Morgan fingerprint density at radius 3 is 1.24 bits per heavy atom. The second kappa shape index (κ2) is 45.4. The Labute approximate surface area is 420 Å². The summed E-state index contributed by atoms with van der Waals surface area (Å²) >= 11 is 0. The average molecular weight is 976 g/mol. The van der Waals surface area contributed by atoms with Gasteiger partial charge in [-0.25, -0.2) is 0 Å². The van der Waals surface area contributed by atoms with Crippen molar-refractivity contribution in [3.05, 3.63) is 0 Å². The van der Waals surface area contributed by atoms with Crippen LogP contribution < -0.4 is 0 Å². The molecule has 1 saturated carbocycles. The first-order chi connectivity index (χ1) is 31.7. The molecule has 408 valence electrons. The number of aliphatic hydroxyl groups is 1. The van der Waals surface area contributed by atoms with Crippen LogP contribution >= 0.6 is 0 Å². The van der Waals surface area contributed by atoms with E-state index in [4.69, 9.17) is 24.4 Å². The predicted octanol–water partition coefficient (Wildman–Crippen LogP) is 15.3. The lowest BCUT2D eigenvalue weighted by Gasteiger charge is -2.26. The third-order valence-corrected chi connectivity index (χ3v) is 14.0. The Kier molecular flexibility index (Phi) is 49.6. The van der Waals surface area contributed by atoms with Crippen LogP contribution in [0.25, 0.3) is 0 Å². The Morgan fingerprint density at radius 2 is 0.941 bits per heavy atom. The molecule has 0 aromatic carbocycles. The highest BCUT2D eigenvalue weighted by Crippen LogP contribution is 2.31. The number of methoxy groups -OCH3 is 1. The highest BCUT2D eigenvalue weighted by molar-refractivity contribution is 5.76. The van der Waals surface area contributed by atoms with Gasteiger partial charge in [0.05, 0.1) is 55.0 Å². The summed E-state index contributed by atoms with van der Waals surface area (Å²) in [6, 6.07) is 0. The summed E-state index contributed by atoms with van der Waals surface area (Å²) in [7, 11) is 1.42. The lowest BCUT2D eigenvalue weighted by atomic mass is 9.80. The van der Waals surface area contributed by atoms with Crippen molar-refractivity contribution in [1.29, 1.82) is 0 Å². The van der Waals surface area contributed by atoms with Gasteiger partial charge in [0.25, 0.3) is 0 Å². The average Bonchev–Trinajstić information content (AvgIpc) is 3.35. The van der Waals surface area contributed by atoms with Crippen molar-refractivity contribution in [2.24, 2.45) is 51.8 Å². The third-order valence-electron chi connectivity index (χ3n) is 14.0. The van der Waals surface area contributed by atoms with E-state index in [0.717, 1.165) is 56.8 Å². The number of hydrogen-bond acceptors (Lipinski definition) is 10. The predicted molar refractivity (Wildman–Crippen MR) is 283 cm³/mol. The zero-order chi connectivity index (χ0) is 53.9. The van der Waals surface area contributed by atoms with E-state index >= 15 is 0 Å². The number of carbonyl (C=O) groups is 5. The number of aliphatic carboxylic acids is 1. The molecule has 1 fully saturated rings. The topological polar surface area (TPSA) is 163 Å². The number of carboxylic acids is 1. The normalized spacial score (nSPS) is 14.7. The third kappa shape index (κ3) is 40.1. The molecule has 1 aliphatic carbocycles. The first-order valence-electron chi connectivity index (χ1n) is 27.2. The van der Waals surface area contributed by atoms with Crippen molar-refractivity contribution in [2.45, 2.75) is 254 Å². The van der Waals surface area contributed by atoms with E-state index in [1.165, 1.54) is 84.2 Å². The maximum absolute atomic E-state index is 11.8. The van der Waals surface area contributed by atoms with Crippen molar-refractivity contribution in [3.8, 4) is 0 Å². The van der Waals surface area contributed by atoms with E-state index in [9.17, 15) is 24.0 Å². The molecule has 5 atom stereocenters. The molecule has 1 rings (SSSR count). The number of aliphatic hydroxyl groups excluding tert-OH is 1. The minimum atomic E-state index is -0.706. The minimum Gasteiger partial charge on any atom is -0.481 e. The van der Waals surface area contributed by atoms with Gasteiger partial charge in [-0.3, -0.25) is 24.0 Å². The SMILES string of the molecule is CCC(C)(C)C(=O)OC.CCC(C)(C)C(=O)OCCO.CCC(C)C(=O)O.CCC(C)C1CCCCC1.CCCCC(CC)COC(=O)C(C)(C)CC.CCCCC(CC)COC(=O)C(C)CC. The molecular formula is C57H114O11. The van der Waals surface area contributed by atoms with E-state index in [0.29, 0.717) is 25.0 Å². The van der Waals surface area contributed by atoms with E-state index in [-0.39, 0.29) is 59.8 Å². The Balaban J connectivity index is -0.000000238. The maximum atomic E-state index is 11.8. The van der Waals surface area contributed by atoms with Gasteiger partial charge in [-0.1, -0.05) is 167 Å². The van der Waals surface area contributed by atoms with Gasteiger partial charge in [-0.05, 0) is 110 Å². The summed E-state index contributed by atoms with van der Waals surface area (Å²) < 4.78 is 20.0. The van der Waals surface area contributed by atoms with Crippen LogP contribution in [0.3, 0.4) is 0 Å². The number of carbonyl (C=O) groups excluding carboxylic acids is 4. The van der Waals surface area contributed by atoms with Crippen molar-refractivity contribution in [3.63, 3.8) is 0 Å². The molecule has 0 heterocycles. The molecular weight excluding hydrogens is 861 g/mol. The molecule has 0 amide bonds. The minimum absolute atomic E-state index is 0.0348. The number of ether oxygens (including phenoxy) is 4. The molecule has 11 heteroatoms. The molecule has 0 radical (unpaired) electrons. The van der Waals surface area contributed by atoms with Crippen molar-refractivity contribution >= 4 is 29.8 Å². The van der Waals surface area contributed by atoms with E-state index in [1.54, 1.807) is 6.92 Å². The number of rotatable bonds is 26. The number of unbranched alkanes of at least 4 members (excludes halogenated alkanes) is 2. The van der Waals surface area contributed by atoms with Gasteiger partial charge in [0, 0.05) is 0 Å². The number of carboxylic acid groups (broad SMARTS) is 1. The van der Waals surface area contributed by atoms with Gasteiger partial charge in [0.15, 0.2) is 0 Å². The van der Waals surface area contributed by atoms with Gasteiger partial charge < -0.3 is 29.2 Å². The fraction of sp³-hybridized carbons (Fsp3) is 0.912. The number of esters is 4. The van der Waals surface area contributed by atoms with E-state index in [2.05, 4.69) is 46.3 Å². The van der Waals surface area contributed by atoms with Crippen molar-refractivity contribution < 1.29 is 53.1 Å². The first kappa shape index (κ1) is 74.3. The molecule has 2 N–H and O–H groups in total. The quantitative estimate of drug-likeness (QED) is 0.0626. The zero-order valence-corrected chi connectivity index (χ0v) is 48.3. The maximum Gasteiger partial charge on any atom is 0.311 e. The van der Waals surface area contributed by atoms with E-state index < -0.39 is 11.4 Å². The lowest BCUT2D eigenvalue weighted by Crippen LogP contribution is -2.27. The standard InChI is InChI=1S/C14H28O2.C13H26O2.C10H20.C8H16O3.C7H14O2.C5H10O2/c1-6-9-10-12(7-2)11-16-13(15)14(4,5)8-3;1-5-8-9-12(7-3)10-15-13(14)11(4)6-2;1-3-9(2)10-7-5-4-6-8-10;1-4-8(2,3)7(10)11-6-5-9;1-5-7(2,3)6(8)9-4;1-3-4(2)5(6)7/h12H,6-11H2,1-5H3;11-12H,5-10H2,1-4H3;9-10H,3-8H2,1-2H3;9H,4-6H2,1-3H3;5H2,1-4H3;4H,3H2,1-2H3,(H,6,7). The fourth-order valence-corrected chi connectivity index (χ4v) is 5.95. The molecule has 68 heavy (non-hydrogen) atoms. The van der Waals surface area contributed by atoms with Crippen LogP contribution in [0.15, 0.2) is 0 Å². The molecule has 0 aliphatic heterocycles. The molecule has 0 aromatic heterocycles. The van der Waals surface area contributed by atoms with Crippen molar-refractivity contribution in [2.75, 3.05) is 33.5 Å². The summed E-state index contributed by atoms with van der Waals surface area (Å²) in [5.74, 6) is 1.85. The largest absolute Gasteiger partial charge is 0.481 e. The van der Waals surface area contributed by atoms with Crippen LogP contribution in [0, 0.1) is 51.8 Å². The summed E-state index contributed by atoms with van der Waals surface area (Å²) in [5, 5.41) is 16.6. The van der Waals surface area contributed by atoms with Gasteiger partial charge >= 0.3 is 29.8 Å². The van der Waals surface area contributed by atoms with Crippen LogP contribution in [-0.4, -0.2) is 73.6 Å². The second-order valence-electron chi connectivity index (χ2n) is 20.9. The summed E-state index contributed by atoms with van der Waals surface area (Å²) in [5.41, 5.74) is -1.06. The highest BCUT2D eigenvalue weighted by atomic mass is 16.5. The smallest absolute Gasteiger partial charge is 0.311 e. The van der Waals surface area contributed by atoms with Gasteiger partial charge in [-0.2, -0.15) is 0 Å². The number of hydrogen-bond donors (Lipinski definition) is 2. The zero-order valence-electron chi connectivity index (χ0n) is 48.3. The fourth-order valence-electron chi connectivity index (χ4n) is 5.95. The van der Waals surface area contributed by atoms with Gasteiger partial charge in [-0.15, -0.1) is 0 Å². The molecule has 0 aromatic rings. The molecule has 5 unspecified atom stereocenters. The Hall–Kier alpha value is -2.69. The highest BCUT2D eigenvalue weighted by Gasteiger charge is 2.28. The Morgan fingerprint density at radius 1 is 0.544 bits per heavy atom. The second-order valence-corrected chi connectivity index (χ2v) is 20.9. The van der Waals surface area contributed by atoms with Crippen LogP contribution in [0.2, 0.25) is 0 Å². The van der Waals surface area contributed by atoms with Gasteiger partial charge in [0.2, 0.25) is 0 Å². The van der Waals surface area contributed by atoms with Crippen LogP contribution in [0.1, 0.15) is 254 Å². The first-order valence-corrected chi connectivity index (χ1v) is 27.2. The molecule has 0 spiro atoms. The van der Waals surface area contributed by atoms with E-state index in [1.807, 2.05) is 83.1 Å². The molecule has 0 bridgehead atoms. The monoisotopic (exact) mass is 975 g/mol. The summed E-state index contributed by atoms with van der Waals surface area (Å²) in [6.45, 7) is 39.4. The molecule has 0 saturated heterocycles. The molecule has 11 nitrogen and oxygen atoms in total. The lowest BCUT2D eigenvalue weighted by molar-refractivity contribution is -0.156. The van der Waals surface area contributed by atoms with Crippen LogP contribution in [0.5, 0.6) is 0 Å². The van der Waals surface area contributed by atoms with Gasteiger partial charge in [0.1, 0.15) is 6.61 Å². The summed E-state index contributed by atoms with van der Waals surface area (Å²) in [4.78, 5) is 55.1. The molecule has 1 aliphatic rings. The Bertz CT molecular complexity index is 1220. The van der Waals surface area contributed by atoms with Crippen molar-refractivity contribution in [1.82, 2.24) is 0 Å².